The third-order valence-electron chi connectivity index (χ3n) is 3.83. The quantitative estimate of drug-likeness (QED) is 0.622. The van der Waals surface area contributed by atoms with Gasteiger partial charge in [0, 0.05) is 6.42 Å². The molecule has 2 rings (SSSR count). The largest absolute Gasteiger partial charge is 0.496 e. The van der Waals surface area contributed by atoms with Gasteiger partial charge in [0.2, 0.25) is 0 Å². The summed E-state index contributed by atoms with van der Waals surface area (Å²) in [5.74, 6) is -1.29. The van der Waals surface area contributed by atoms with Crippen LogP contribution in [0, 0.1) is 0 Å². The van der Waals surface area contributed by atoms with Crippen LogP contribution in [0.4, 0.5) is 0 Å². The highest BCUT2D eigenvalue weighted by atomic mass is 79.9. The maximum absolute atomic E-state index is 12.1. The number of methoxy groups -OCH3 is 2. The number of ether oxygens (including phenoxy) is 3. The lowest BCUT2D eigenvalue weighted by molar-refractivity contribution is -0.145. The van der Waals surface area contributed by atoms with E-state index in [-0.39, 0.29) is 12.0 Å². The Kier molecular flexibility index (Phi) is 8.01. The van der Waals surface area contributed by atoms with E-state index in [9.17, 15) is 14.4 Å². The summed E-state index contributed by atoms with van der Waals surface area (Å²) >= 11 is 3.28. The van der Waals surface area contributed by atoms with E-state index < -0.39 is 30.5 Å². The molecule has 1 N–H and O–H groups in total. The van der Waals surface area contributed by atoms with E-state index in [1.165, 1.54) is 26.4 Å². The third-order valence-corrected chi connectivity index (χ3v) is 4.45. The summed E-state index contributed by atoms with van der Waals surface area (Å²) in [7, 11) is 2.75. The predicted molar refractivity (Wildman–Crippen MR) is 105 cm³/mol. The van der Waals surface area contributed by atoms with Crippen LogP contribution >= 0.6 is 15.9 Å². The number of amides is 1. The first-order chi connectivity index (χ1) is 13.4. The van der Waals surface area contributed by atoms with Crippen LogP contribution in [-0.4, -0.2) is 44.7 Å². The lowest BCUT2D eigenvalue weighted by Crippen LogP contribution is -2.44. The Morgan fingerprint density at radius 1 is 1.07 bits per heavy atom. The lowest BCUT2D eigenvalue weighted by Gasteiger charge is -2.16. The molecule has 1 amide bonds. The molecule has 2 aromatic carbocycles. The normalized spacial score (nSPS) is 11.2. The second-order valence-electron chi connectivity index (χ2n) is 5.76. The highest BCUT2D eigenvalue weighted by Crippen LogP contribution is 2.25. The molecule has 0 saturated carbocycles. The molecule has 0 heterocycles. The zero-order valence-corrected chi connectivity index (χ0v) is 17.0. The minimum absolute atomic E-state index is 0.259. The van der Waals surface area contributed by atoms with Gasteiger partial charge in [-0.3, -0.25) is 4.79 Å². The summed E-state index contributed by atoms with van der Waals surface area (Å²) in [4.78, 5) is 36.2. The molecular formula is C20H20BrNO6. The Hall–Kier alpha value is -2.87. The van der Waals surface area contributed by atoms with Gasteiger partial charge >= 0.3 is 11.9 Å². The van der Waals surface area contributed by atoms with Gasteiger partial charge in [-0.15, -0.1) is 0 Å². The van der Waals surface area contributed by atoms with Crippen LogP contribution in [-0.2, 0) is 25.5 Å². The van der Waals surface area contributed by atoms with Crippen molar-refractivity contribution in [1.82, 2.24) is 5.32 Å². The lowest BCUT2D eigenvalue weighted by atomic mass is 10.1. The van der Waals surface area contributed by atoms with Crippen LogP contribution in [0.15, 0.2) is 53.0 Å². The van der Waals surface area contributed by atoms with Crippen molar-refractivity contribution in [1.29, 1.82) is 0 Å². The van der Waals surface area contributed by atoms with Gasteiger partial charge in [-0.05, 0) is 39.7 Å². The minimum atomic E-state index is -0.881. The van der Waals surface area contributed by atoms with Crippen molar-refractivity contribution in [2.75, 3.05) is 20.8 Å². The number of carbonyl (C=O) groups excluding carboxylic acids is 3. The molecule has 0 fully saturated rings. The summed E-state index contributed by atoms with van der Waals surface area (Å²) in [6.45, 7) is -0.523. The van der Waals surface area contributed by atoms with Gasteiger partial charge in [-0.2, -0.15) is 0 Å². The molecule has 0 aliphatic heterocycles. The zero-order valence-electron chi connectivity index (χ0n) is 15.4. The molecule has 0 aliphatic rings. The number of hydrogen-bond donors (Lipinski definition) is 1. The predicted octanol–water partition coefficient (Wildman–Crippen LogP) is 2.52. The van der Waals surface area contributed by atoms with Crippen LogP contribution in [0.5, 0.6) is 5.75 Å². The maximum atomic E-state index is 12.1. The Bertz CT molecular complexity index is 840. The SMILES string of the molecule is COC(=O)C(Cc1ccccc1)NC(=O)COC(=O)c1ccc(OC)c(Br)c1. The van der Waals surface area contributed by atoms with Crippen LogP contribution in [0.25, 0.3) is 0 Å². The van der Waals surface area contributed by atoms with Crippen molar-refractivity contribution in [3.8, 4) is 5.75 Å². The van der Waals surface area contributed by atoms with Gasteiger partial charge < -0.3 is 19.5 Å². The first-order valence-electron chi connectivity index (χ1n) is 8.36. The van der Waals surface area contributed by atoms with Crippen molar-refractivity contribution < 1.29 is 28.6 Å². The van der Waals surface area contributed by atoms with E-state index in [1.807, 2.05) is 30.3 Å². The number of benzene rings is 2. The monoisotopic (exact) mass is 449 g/mol. The summed E-state index contributed by atoms with van der Waals surface area (Å²) in [5, 5.41) is 2.53. The van der Waals surface area contributed by atoms with Gasteiger partial charge in [0.1, 0.15) is 11.8 Å². The highest BCUT2D eigenvalue weighted by Gasteiger charge is 2.22. The number of carbonyl (C=O) groups is 3. The van der Waals surface area contributed by atoms with Gasteiger partial charge in [-0.1, -0.05) is 30.3 Å². The van der Waals surface area contributed by atoms with E-state index in [4.69, 9.17) is 14.2 Å². The highest BCUT2D eigenvalue weighted by molar-refractivity contribution is 9.10. The second kappa shape index (κ2) is 10.5. The van der Waals surface area contributed by atoms with Gasteiger partial charge in [0.05, 0.1) is 24.3 Å². The summed E-state index contributed by atoms with van der Waals surface area (Å²) in [5.41, 5.74) is 1.12. The van der Waals surface area contributed by atoms with Crippen molar-refractivity contribution >= 4 is 33.8 Å². The number of halogens is 1. The van der Waals surface area contributed by atoms with Crippen LogP contribution in [0.1, 0.15) is 15.9 Å². The van der Waals surface area contributed by atoms with Crippen LogP contribution < -0.4 is 10.1 Å². The fourth-order valence-electron chi connectivity index (χ4n) is 2.43. The molecule has 1 unspecified atom stereocenters. The number of hydrogen-bond acceptors (Lipinski definition) is 6. The van der Waals surface area contributed by atoms with E-state index in [0.29, 0.717) is 10.2 Å². The average Bonchev–Trinajstić information content (AvgIpc) is 2.71. The molecule has 7 nitrogen and oxygen atoms in total. The van der Waals surface area contributed by atoms with E-state index >= 15 is 0 Å². The summed E-state index contributed by atoms with van der Waals surface area (Å²) in [6, 6.07) is 13.0. The van der Waals surface area contributed by atoms with Crippen molar-refractivity contribution in [3.05, 3.63) is 64.1 Å². The van der Waals surface area contributed by atoms with E-state index in [1.54, 1.807) is 6.07 Å². The average molecular weight is 450 g/mol. The zero-order chi connectivity index (χ0) is 20.5. The standard InChI is InChI=1S/C20H20BrNO6/c1-26-17-9-8-14(11-15(17)21)19(24)28-12-18(23)22-16(20(25)27-2)10-13-6-4-3-5-7-13/h3-9,11,16H,10,12H2,1-2H3,(H,22,23). The molecule has 2 aromatic rings. The van der Waals surface area contributed by atoms with E-state index in [2.05, 4.69) is 21.2 Å². The Morgan fingerprint density at radius 3 is 2.39 bits per heavy atom. The molecule has 28 heavy (non-hydrogen) atoms. The maximum Gasteiger partial charge on any atom is 0.338 e. The molecule has 1 atom stereocenters. The first kappa shape index (κ1) is 21.4. The third kappa shape index (κ3) is 6.09. The van der Waals surface area contributed by atoms with Crippen molar-refractivity contribution in [3.63, 3.8) is 0 Å². The molecule has 0 radical (unpaired) electrons. The summed E-state index contributed by atoms with van der Waals surface area (Å²) in [6.07, 6.45) is 0.263. The Balaban J connectivity index is 1.94. The van der Waals surface area contributed by atoms with Crippen molar-refractivity contribution in [2.45, 2.75) is 12.5 Å². The number of nitrogens with one attached hydrogen (secondary N) is 1. The minimum Gasteiger partial charge on any atom is -0.496 e. The first-order valence-corrected chi connectivity index (χ1v) is 9.15. The molecule has 0 aromatic heterocycles. The van der Waals surface area contributed by atoms with E-state index in [0.717, 1.165) is 5.56 Å². The fraction of sp³-hybridized carbons (Fsp3) is 0.250. The Morgan fingerprint density at radius 2 is 1.79 bits per heavy atom. The van der Waals surface area contributed by atoms with Gasteiger partial charge in [-0.25, -0.2) is 9.59 Å². The molecule has 148 valence electrons. The summed E-state index contributed by atoms with van der Waals surface area (Å²) < 4.78 is 15.4. The number of esters is 2. The van der Waals surface area contributed by atoms with Crippen LogP contribution in [0.2, 0.25) is 0 Å². The molecule has 0 aliphatic carbocycles. The smallest absolute Gasteiger partial charge is 0.338 e. The molecule has 0 bridgehead atoms. The van der Waals surface area contributed by atoms with Crippen LogP contribution in [0.3, 0.4) is 0 Å². The number of rotatable bonds is 8. The fourth-order valence-corrected chi connectivity index (χ4v) is 2.97. The topological polar surface area (TPSA) is 90.9 Å². The molecule has 0 spiro atoms. The molecule has 8 heteroatoms. The van der Waals surface area contributed by atoms with Gasteiger partial charge in [0.25, 0.3) is 5.91 Å². The van der Waals surface area contributed by atoms with Crippen molar-refractivity contribution in [2.24, 2.45) is 0 Å². The Labute approximate surface area is 171 Å². The second-order valence-corrected chi connectivity index (χ2v) is 6.61. The van der Waals surface area contributed by atoms with Gasteiger partial charge in [0.15, 0.2) is 6.61 Å². The molecule has 0 saturated heterocycles. The molecular weight excluding hydrogens is 430 g/mol.